The second kappa shape index (κ2) is 5.13. The maximum Gasteiger partial charge on any atom is 0.226 e. The van der Waals surface area contributed by atoms with Gasteiger partial charge in [-0.1, -0.05) is 12.3 Å². The van der Waals surface area contributed by atoms with Gasteiger partial charge in [0.1, 0.15) is 0 Å². The summed E-state index contributed by atoms with van der Waals surface area (Å²) >= 11 is 0. The Morgan fingerprint density at radius 3 is 2.93 bits per heavy atom. The molecule has 2 nitrogen and oxygen atoms in total. The van der Waals surface area contributed by atoms with Crippen molar-refractivity contribution in [3.63, 3.8) is 0 Å². The molecule has 1 aliphatic rings. The van der Waals surface area contributed by atoms with Gasteiger partial charge in [0.05, 0.1) is 0 Å². The Hall–Kier alpha value is -0.856. The van der Waals surface area contributed by atoms with Crippen molar-refractivity contribution in [3.05, 3.63) is 48.7 Å². The van der Waals surface area contributed by atoms with Crippen molar-refractivity contribution in [1.82, 2.24) is 9.79 Å². The van der Waals surface area contributed by atoms with Gasteiger partial charge in [-0.2, -0.15) is 6.08 Å². The number of aromatic nitrogens is 1. The molecular weight excluding hydrogens is 351 g/mol. The van der Waals surface area contributed by atoms with Gasteiger partial charge in [-0.3, -0.25) is 11.0 Å². The molecule has 0 saturated carbocycles. The van der Waals surface area contributed by atoms with Crippen molar-refractivity contribution >= 4 is 12.4 Å². The average Bonchev–Trinajstić information content (AvgIpc) is 2.20. The molecule has 0 amide bonds. The minimum Gasteiger partial charge on any atom is -0.445 e. The summed E-state index contributed by atoms with van der Waals surface area (Å²) in [6.07, 6.45) is 7.73. The molecular formula is C10H10BIrN2-. The van der Waals surface area contributed by atoms with Crippen LogP contribution in [0.25, 0.3) is 0 Å². The molecule has 0 N–H and O–H groups in total. The molecule has 14 heavy (non-hydrogen) atoms. The van der Waals surface area contributed by atoms with Crippen LogP contribution in [0.1, 0.15) is 0 Å². The van der Waals surface area contributed by atoms with Crippen molar-refractivity contribution in [2.75, 3.05) is 7.05 Å². The number of pyridine rings is 1. The molecule has 0 aromatic carbocycles. The van der Waals surface area contributed by atoms with Gasteiger partial charge >= 0.3 is 0 Å². The topological polar surface area (TPSA) is 16.1 Å². The molecule has 4 heteroatoms. The zero-order chi connectivity index (χ0) is 9.10. The summed E-state index contributed by atoms with van der Waals surface area (Å²) in [5.41, 5.74) is 1.03. The largest absolute Gasteiger partial charge is 0.445 e. The Morgan fingerprint density at radius 2 is 2.29 bits per heavy atom. The SMILES string of the molecule is CN1C=CC=[C-]B1c1ccccn1.[Ir]. The summed E-state index contributed by atoms with van der Waals surface area (Å²) in [5, 5.41) is 0. The normalized spacial score (nSPS) is 14.1. The first-order valence-corrected chi connectivity index (χ1v) is 4.27. The van der Waals surface area contributed by atoms with Crippen LogP contribution in [0, 0.1) is 5.98 Å². The second-order valence-electron chi connectivity index (χ2n) is 3.00. The van der Waals surface area contributed by atoms with Crippen LogP contribution in [0.3, 0.4) is 0 Å². The first-order chi connectivity index (χ1) is 6.38. The van der Waals surface area contributed by atoms with Crippen molar-refractivity contribution in [3.8, 4) is 0 Å². The molecule has 2 rings (SSSR count). The fraction of sp³-hybridized carbons (Fsp3) is 0.100. The van der Waals surface area contributed by atoms with Crippen molar-refractivity contribution in [2.45, 2.75) is 0 Å². The Morgan fingerprint density at radius 1 is 1.43 bits per heavy atom. The fourth-order valence-corrected chi connectivity index (χ4v) is 1.36. The standard InChI is InChI=1S/C10H10BN2.Ir/c1-13-9-5-3-7-11(13)10-6-2-4-8-12-10;/h2-6,8-9H,1H3;/q-1;. The van der Waals surface area contributed by atoms with Crippen LogP contribution in [0.4, 0.5) is 0 Å². The smallest absolute Gasteiger partial charge is 0.226 e. The van der Waals surface area contributed by atoms with E-state index in [1.54, 1.807) is 0 Å². The molecule has 1 radical (unpaired) electrons. The van der Waals surface area contributed by atoms with E-state index in [4.69, 9.17) is 0 Å². The molecule has 0 bridgehead atoms. The zero-order valence-corrected chi connectivity index (χ0v) is 10.2. The molecule has 0 saturated heterocycles. The summed E-state index contributed by atoms with van der Waals surface area (Å²) in [6, 6.07) is 5.93. The first-order valence-electron chi connectivity index (χ1n) is 4.27. The van der Waals surface area contributed by atoms with Crippen molar-refractivity contribution in [2.24, 2.45) is 0 Å². The van der Waals surface area contributed by atoms with Gasteiger partial charge in [-0.15, -0.1) is 0 Å². The second-order valence-corrected chi connectivity index (χ2v) is 3.00. The van der Waals surface area contributed by atoms with Crippen LogP contribution in [0.2, 0.25) is 0 Å². The van der Waals surface area contributed by atoms with Crippen LogP contribution < -0.4 is 5.59 Å². The summed E-state index contributed by atoms with van der Waals surface area (Å²) in [4.78, 5) is 6.38. The Bertz CT molecular complexity index is 337. The maximum absolute atomic E-state index is 4.29. The van der Waals surface area contributed by atoms with Gasteiger partial charge in [0, 0.05) is 31.9 Å². The van der Waals surface area contributed by atoms with E-state index in [0.29, 0.717) is 0 Å². The molecule has 1 aliphatic heterocycles. The molecule has 73 valence electrons. The minimum absolute atomic E-state index is 0. The zero-order valence-electron chi connectivity index (χ0n) is 7.85. The number of hydrogen-bond acceptors (Lipinski definition) is 2. The van der Waals surface area contributed by atoms with Crippen LogP contribution in [-0.2, 0) is 20.1 Å². The van der Waals surface area contributed by atoms with Gasteiger partial charge < -0.3 is 4.81 Å². The molecule has 0 atom stereocenters. The predicted molar refractivity (Wildman–Crippen MR) is 54.3 cm³/mol. The van der Waals surface area contributed by atoms with E-state index in [9.17, 15) is 0 Å². The Kier molecular flexibility index (Phi) is 4.11. The summed E-state index contributed by atoms with van der Waals surface area (Å²) in [5.74, 6) is 3.24. The first kappa shape index (κ1) is 11.2. The maximum atomic E-state index is 4.29. The van der Waals surface area contributed by atoms with Gasteiger partial charge in [-0.05, 0) is 19.2 Å². The van der Waals surface area contributed by atoms with E-state index < -0.39 is 0 Å². The third-order valence-corrected chi connectivity index (χ3v) is 2.05. The van der Waals surface area contributed by atoms with E-state index in [0.717, 1.165) is 5.59 Å². The molecule has 0 spiro atoms. The van der Waals surface area contributed by atoms with Gasteiger partial charge in [-0.25, -0.2) is 6.08 Å². The predicted octanol–water partition coefficient (Wildman–Crippen LogP) is 0.635. The quantitative estimate of drug-likeness (QED) is 0.539. The van der Waals surface area contributed by atoms with Crippen LogP contribution in [-0.4, -0.2) is 23.7 Å². The van der Waals surface area contributed by atoms with Crippen LogP contribution in [0.15, 0.2) is 42.7 Å². The minimum atomic E-state index is 0. The Balaban J connectivity index is 0.000000980. The van der Waals surface area contributed by atoms with E-state index in [1.165, 1.54) is 0 Å². The molecule has 0 fully saturated rings. The van der Waals surface area contributed by atoms with Crippen molar-refractivity contribution in [1.29, 1.82) is 0 Å². The molecule has 0 unspecified atom stereocenters. The average molecular weight is 361 g/mol. The number of hydrogen-bond donors (Lipinski definition) is 0. The third-order valence-electron chi connectivity index (χ3n) is 2.05. The summed E-state index contributed by atoms with van der Waals surface area (Å²) < 4.78 is 0. The fourth-order valence-electron chi connectivity index (χ4n) is 1.36. The summed E-state index contributed by atoms with van der Waals surface area (Å²) in [7, 11) is 2.02. The van der Waals surface area contributed by atoms with Gasteiger partial charge in [0.2, 0.25) is 6.85 Å². The summed E-state index contributed by atoms with van der Waals surface area (Å²) in [6.45, 7) is 0.159. The van der Waals surface area contributed by atoms with Crippen LogP contribution >= 0.6 is 0 Å². The molecule has 2 heterocycles. The molecule has 1 aromatic rings. The van der Waals surface area contributed by atoms with Gasteiger partial charge in [0.25, 0.3) is 0 Å². The van der Waals surface area contributed by atoms with E-state index in [1.807, 2.05) is 49.8 Å². The number of rotatable bonds is 1. The third kappa shape index (κ3) is 2.34. The van der Waals surface area contributed by atoms with Crippen molar-refractivity contribution < 1.29 is 20.1 Å². The molecule has 1 aromatic heterocycles. The van der Waals surface area contributed by atoms with Crippen LogP contribution in [0.5, 0.6) is 0 Å². The van der Waals surface area contributed by atoms with E-state index in [-0.39, 0.29) is 27.0 Å². The Labute approximate surface area is 98.2 Å². The monoisotopic (exact) mass is 362 g/mol. The van der Waals surface area contributed by atoms with E-state index >= 15 is 0 Å². The number of nitrogens with zero attached hydrogens (tertiary/aromatic N) is 2. The molecule has 0 aliphatic carbocycles. The number of allylic oxidation sites excluding steroid dienone is 2. The van der Waals surface area contributed by atoms with E-state index in [2.05, 4.69) is 15.8 Å². The van der Waals surface area contributed by atoms with Gasteiger partial charge in [0.15, 0.2) is 0 Å².